The zero-order chi connectivity index (χ0) is 21.7. The molecule has 0 aliphatic rings. The average Bonchev–Trinajstić information content (AvgIpc) is 3.25. The lowest BCUT2D eigenvalue weighted by molar-refractivity contribution is 0.0950. The van der Waals surface area contributed by atoms with E-state index >= 15 is 0 Å². The van der Waals surface area contributed by atoms with Crippen molar-refractivity contribution in [3.8, 4) is 0 Å². The van der Waals surface area contributed by atoms with Crippen LogP contribution in [0.5, 0.6) is 0 Å². The summed E-state index contributed by atoms with van der Waals surface area (Å²) < 4.78 is 32.8. The number of hydrogen-bond acceptors (Lipinski definition) is 6. The average molecular weight is 429 g/mol. The zero-order valence-electron chi connectivity index (χ0n) is 17.0. The van der Waals surface area contributed by atoms with E-state index in [1.54, 1.807) is 31.3 Å². The predicted octanol–water partition coefficient (Wildman–Crippen LogP) is 2.46. The maximum absolute atomic E-state index is 12.7. The van der Waals surface area contributed by atoms with E-state index in [0.717, 1.165) is 11.4 Å². The molecule has 2 N–H and O–H groups in total. The minimum Gasteiger partial charge on any atom is -0.468 e. The van der Waals surface area contributed by atoms with Crippen LogP contribution in [-0.2, 0) is 23.1 Å². The van der Waals surface area contributed by atoms with E-state index < -0.39 is 10.0 Å². The van der Waals surface area contributed by atoms with Crippen LogP contribution >= 0.6 is 0 Å². The van der Waals surface area contributed by atoms with E-state index in [0.29, 0.717) is 23.4 Å². The second-order valence-corrected chi connectivity index (χ2v) is 8.75. The quantitative estimate of drug-likeness (QED) is 0.571. The molecule has 0 spiro atoms. The number of anilines is 1. The number of furan rings is 1. The molecule has 0 fully saturated rings. The molecule has 2 aromatic heterocycles. The van der Waals surface area contributed by atoms with Crippen molar-refractivity contribution < 1.29 is 17.6 Å². The second-order valence-electron chi connectivity index (χ2n) is 6.98. The highest BCUT2D eigenvalue weighted by Crippen LogP contribution is 2.17. The Kier molecular flexibility index (Phi) is 6.53. The molecule has 2 heterocycles. The van der Waals surface area contributed by atoms with Gasteiger partial charge < -0.3 is 14.6 Å². The van der Waals surface area contributed by atoms with Gasteiger partial charge in [-0.25, -0.2) is 18.1 Å². The summed E-state index contributed by atoms with van der Waals surface area (Å²) in [6.07, 6.45) is 3.15. The Balaban J connectivity index is 1.72. The van der Waals surface area contributed by atoms with Crippen molar-refractivity contribution >= 4 is 21.7 Å². The van der Waals surface area contributed by atoms with Crippen LogP contribution in [0.3, 0.4) is 0 Å². The summed E-state index contributed by atoms with van der Waals surface area (Å²) >= 11 is 0. The minimum absolute atomic E-state index is 0.0172. The zero-order valence-corrected chi connectivity index (χ0v) is 17.9. The molecule has 0 saturated heterocycles. The third-order valence-electron chi connectivity index (χ3n) is 4.50. The number of nitrogens with one attached hydrogen (secondary N) is 2. The van der Waals surface area contributed by atoms with Crippen LogP contribution in [0.25, 0.3) is 0 Å². The second kappa shape index (κ2) is 9.10. The van der Waals surface area contributed by atoms with Crippen LogP contribution in [0.1, 0.15) is 27.2 Å². The molecule has 0 unspecified atom stereocenters. The highest BCUT2D eigenvalue weighted by Gasteiger charge is 2.18. The molecular formula is C21H24N4O4S. The Morgan fingerprint density at radius 2 is 1.93 bits per heavy atom. The number of nitrogens with zero attached hydrogens (tertiary/aromatic N) is 2. The van der Waals surface area contributed by atoms with Gasteiger partial charge in [-0.2, -0.15) is 0 Å². The van der Waals surface area contributed by atoms with E-state index in [1.165, 1.54) is 18.4 Å². The summed E-state index contributed by atoms with van der Waals surface area (Å²) in [6.45, 7) is 2.09. The minimum atomic E-state index is -3.80. The largest absolute Gasteiger partial charge is 0.468 e. The van der Waals surface area contributed by atoms with E-state index in [1.807, 2.05) is 31.1 Å². The van der Waals surface area contributed by atoms with Crippen LogP contribution in [0, 0.1) is 6.92 Å². The number of rotatable bonds is 8. The third kappa shape index (κ3) is 5.25. The first-order valence-corrected chi connectivity index (χ1v) is 10.8. The number of sulfonamides is 1. The number of carbonyl (C=O) groups excluding carboxylic acids is 1. The van der Waals surface area contributed by atoms with Crippen LogP contribution in [0.15, 0.2) is 64.2 Å². The lowest BCUT2D eigenvalue weighted by Crippen LogP contribution is -2.26. The first-order valence-electron chi connectivity index (χ1n) is 9.29. The Bertz CT molecular complexity index is 1130. The van der Waals surface area contributed by atoms with Gasteiger partial charge in [0.05, 0.1) is 17.7 Å². The van der Waals surface area contributed by atoms with E-state index in [9.17, 15) is 13.2 Å². The molecule has 0 aliphatic heterocycles. The van der Waals surface area contributed by atoms with Gasteiger partial charge in [0.2, 0.25) is 10.0 Å². The van der Waals surface area contributed by atoms with E-state index in [2.05, 4.69) is 15.0 Å². The number of amides is 1. The smallest absolute Gasteiger partial charge is 0.251 e. The van der Waals surface area contributed by atoms with Crippen molar-refractivity contribution in [2.45, 2.75) is 24.9 Å². The predicted molar refractivity (Wildman–Crippen MR) is 114 cm³/mol. The molecule has 0 radical (unpaired) electrons. The Morgan fingerprint density at radius 3 is 2.63 bits per heavy atom. The van der Waals surface area contributed by atoms with Crippen molar-refractivity contribution in [1.29, 1.82) is 0 Å². The summed E-state index contributed by atoms with van der Waals surface area (Å²) in [5, 5.41) is 2.84. The van der Waals surface area contributed by atoms with E-state index in [4.69, 9.17) is 4.42 Å². The lowest BCUT2D eigenvalue weighted by Gasteiger charge is -2.13. The number of carbonyl (C=O) groups is 1. The van der Waals surface area contributed by atoms with Crippen LogP contribution in [-0.4, -0.2) is 33.4 Å². The van der Waals surface area contributed by atoms with Crippen molar-refractivity contribution in [1.82, 2.24) is 15.0 Å². The van der Waals surface area contributed by atoms with Crippen molar-refractivity contribution in [2.75, 3.05) is 19.0 Å². The standard InChI is InChI=1S/C21H24N4O4S/c1-15-6-7-18(30(27,28)24-14-17-5-4-10-29-17)12-19(15)21(26)23-13-16-8-9-22-20(11-16)25(2)3/h4-12,24H,13-14H2,1-3H3,(H,23,26). The fourth-order valence-electron chi connectivity index (χ4n) is 2.77. The fourth-order valence-corrected chi connectivity index (χ4v) is 3.79. The lowest BCUT2D eigenvalue weighted by atomic mass is 10.1. The number of aromatic nitrogens is 1. The maximum atomic E-state index is 12.7. The van der Waals surface area contributed by atoms with Gasteiger partial charge in [-0.3, -0.25) is 4.79 Å². The summed E-state index contributed by atoms with van der Waals surface area (Å²) in [4.78, 5) is 18.9. The molecule has 0 aliphatic carbocycles. The Morgan fingerprint density at radius 1 is 1.13 bits per heavy atom. The van der Waals surface area contributed by atoms with Crippen LogP contribution in [0.4, 0.5) is 5.82 Å². The van der Waals surface area contributed by atoms with Gasteiger partial charge in [0, 0.05) is 32.4 Å². The van der Waals surface area contributed by atoms with Gasteiger partial charge in [-0.1, -0.05) is 6.07 Å². The van der Waals surface area contributed by atoms with Crippen molar-refractivity contribution in [2.24, 2.45) is 0 Å². The molecule has 3 rings (SSSR count). The van der Waals surface area contributed by atoms with Crippen molar-refractivity contribution in [3.63, 3.8) is 0 Å². The molecule has 8 nitrogen and oxygen atoms in total. The highest BCUT2D eigenvalue weighted by atomic mass is 32.2. The summed E-state index contributed by atoms with van der Waals surface area (Å²) in [6, 6.07) is 11.5. The molecule has 9 heteroatoms. The SMILES string of the molecule is Cc1ccc(S(=O)(=O)NCc2ccco2)cc1C(=O)NCc1ccnc(N(C)C)c1. The summed E-state index contributed by atoms with van der Waals surface area (Å²) in [7, 11) is -0.0176. The molecular weight excluding hydrogens is 404 g/mol. The summed E-state index contributed by atoms with van der Waals surface area (Å²) in [5.74, 6) is 0.936. The number of pyridine rings is 1. The summed E-state index contributed by atoms with van der Waals surface area (Å²) in [5.41, 5.74) is 1.88. The normalized spacial score (nSPS) is 11.3. The molecule has 0 atom stereocenters. The molecule has 3 aromatic rings. The molecule has 1 amide bonds. The van der Waals surface area contributed by atoms with Crippen molar-refractivity contribution in [3.05, 3.63) is 77.4 Å². The van der Waals surface area contributed by atoms with Crippen LogP contribution in [0.2, 0.25) is 0 Å². The van der Waals surface area contributed by atoms with Gasteiger partial charge in [0.1, 0.15) is 11.6 Å². The van der Waals surface area contributed by atoms with Gasteiger partial charge in [0.25, 0.3) is 5.91 Å². The molecule has 0 bridgehead atoms. The topological polar surface area (TPSA) is 105 Å². The molecule has 1 aromatic carbocycles. The van der Waals surface area contributed by atoms with Gasteiger partial charge in [-0.05, 0) is 54.4 Å². The first-order chi connectivity index (χ1) is 14.3. The number of aryl methyl sites for hydroxylation is 1. The molecule has 0 saturated carbocycles. The van der Waals surface area contributed by atoms with Crippen LogP contribution < -0.4 is 14.9 Å². The Labute approximate surface area is 176 Å². The molecule has 30 heavy (non-hydrogen) atoms. The molecule has 158 valence electrons. The third-order valence-corrected chi connectivity index (χ3v) is 5.90. The fraction of sp³-hybridized carbons (Fsp3) is 0.238. The Hall–Kier alpha value is -3.17. The monoisotopic (exact) mass is 428 g/mol. The number of benzene rings is 1. The first kappa shape index (κ1) is 21.5. The van der Waals surface area contributed by atoms with E-state index in [-0.39, 0.29) is 17.3 Å². The van der Waals surface area contributed by atoms with Gasteiger partial charge in [-0.15, -0.1) is 0 Å². The number of hydrogen-bond donors (Lipinski definition) is 2. The van der Waals surface area contributed by atoms with Gasteiger partial charge in [0.15, 0.2) is 0 Å². The maximum Gasteiger partial charge on any atom is 0.251 e. The van der Waals surface area contributed by atoms with Gasteiger partial charge >= 0.3 is 0 Å². The highest BCUT2D eigenvalue weighted by molar-refractivity contribution is 7.89.